The molecule has 0 spiro atoms. The summed E-state index contributed by atoms with van der Waals surface area (Å²) >= 11 is 8.26. The van der Waals surface area contributed by atoms with Crippen LogP contribution in [0.5, 0.6) is 0 Å². The maximum absolute atomic E-state index is 13.2. The van der Waals surface area contributed by atoms with Gasteiger partial charge in [-0.1, -0.05) is 28.1 Å². The fourth-order valence-corrected chi connectivity index (χ4v) is 6.33. The molecule has 1 saturated heterocycles. The Bertz CT molecular complexity index is 1630. The van der Waals surface area contributed by atoms with Gasteiger partial charge in [0, 0.05) is 23.5 Å². The summed E-state index contributed by atoms with van der Waals surface area (Å²) in [6, 6.07) is 2.35. The molecule has 5 N–H and O–H groups in total. The number of carboxylic acid groups (broad SMARTS) is 2. The van der Waals surface area contributed by atoms with E-state index in [2.05, 4.69) is 25.7 Å². The second-order valence-corrected chi connectivity index (χ2v) is 11.6. The summed E-state index contributed by atoms with van der Waals surface area (Å²) in [5, 5.41) is 32.0. The summed E-state index contributed by atoms with van der Waals surface area (Å²) in [6.07, 6.45) is 3.23. The molecule has 0 bridgehead atoms. The SMILES string of the molecule is C[C@H](O/N=C(\C(=O)N[C@@H]1C(=O)N2C(C(=O)O)=C(C[n+]3ccc(-c4nnco4)cc3)CS[C@H]12)c1nc(N)sc1Cl)C(=O)O. The number of β-lactam (4-membered cyclic amide) rings is 1. The quantitative estimate of drug-likeness (QED) is 0.102. The van der Waals surface area contributed by atoms with Crippen LogP contribution < -0.4 is 15.6 Å². The minimum absolute atomic E-state index is 0.00931. The number of nitrogens with two attached hydrogens (primary N) is 1. The van der Waals surface area contributed by atoms with Crippen molar-refractivity contribution in [3.8, 4) is 11.5 Å². The first-order valence-corrected chi connectivity index (χ1v) is 14.1. The number of pyridine rings is 1. The average molecular weight is 636 g/mol. The minimum atomic E-state index is -1.41. The number of aliphatic carboxylic acids is 2. The Hall–Kier alpha value is -4.55. The molecular formula is C23H20ClN8O8S2+. The highest BCUT2D eigenvalue weighted by molar-refractivity contribution is 8.00. The topological polar surface area (TPSA) is 227 Å². The fourth-order valence-electron chi connectivity index (χ4n) is 4.07. The van der Waals surface area contributed by atoms with Crippen molar-refractivity contribution in [1.82, 2.24) is 25.4 Å². The minimum Gasteiger partial charge on any atom is -0.478 e. The van der Waals surface area contributed by atoms with Crippen molar-refractivity contribution in [1.29, 1.82) is 0 Å². The number of aromatic nitrogens is 4. The molecule has 5 rings (SSSR count). The van der Waals surface area contributed by atoms with E-state index in [1.807, 2.05) is 0 Å². The van der Waals surface area contributed by atoms with E-state index in [0.29, 0.717) is 17.0 Å². The van der Waals surface area contributed by atoms with Crippen LogP contribution in [0, 0.1) is 0 Å². The summed E-state index contributed by atoms with van der Waals surface area (Å²) < 4.78 is 6.91. The highest BCUT2D eigenvalue weighted by Crippen LogP contribution is 2.40. The van der Waals surface area contributed by atoms with Gasteiger partial charge in [0.1, 0.15) is 27.1 Å². The number of nitrogen functional groups attached to an aromatic ring is 1. The van der Waals surface area contributed by atoms with Gasteiger partial charge in [-0.3, -0.25) is 14.5 Å². The van der Waals surface area contributed by atoms with Crippen LogP contribution in [0.25, 0.3) is 11.5 Å². The van der Waals surface area contributed by atoms with Gasteiger partial charge in [-0.2, -0.15) is 0 Å². The van der Waals surface area contributed by atoms with Crippen LogP contribution in [-0.4, -0.2) is 83.0 Å². The van der Waals surface area contributed by atoms with Gasteiger partial charge >= 0.3 is 11.9 Å². The lowest BCUT2D eigenvalue weighted by molar-refractivity contribution is -0.689. The van der Waals surface area contributed by atoms with Crippen LogP contribution in [0.2, 0.25) is 4.34 Å². The van der Waals surface area contributed by atoms with Crippen molar-refractivity contribution < 1.29 is 43.2 Å². The lowest BCUT2D eigenvalue weighted by atomic mass is 10.0. The number of amides is 2. The second kappa shape index (κ2) is 11.7. The number of carboxylic acids is 2. The molecule has 1 fully saturated rings. The average Bonchev–Trinajstić information content (AvgIpc) is 3.61. The Morgan fingerprint density at radius 2 is 2.10 bits per heavy atom. The number of thiazole rings is 1. The molecule has 2 aliphatic rings. The number of halogens is 1. The van der Waals surface area contributed by atoms with Gasteiger partial charge < -0.3 is 30.5 Å². The zero-order valence-corrected chi connectivity index (χ0v) is 23.7. The Morgan fingerprint density at radius 3 is 2.69 bits per heavy atom. The molecule has 3 aromatic heterocycles. The third-order valence-corrected chi connectivity index (χ3v) is 8.52. The molecule has 3 aromatic rings. The number of oxime groups is 1. The number of hydrogen-bond acceptors (Lipinski definition) is 13. The second-order valence-electron chi connectivity index (χ2n) is 8.82. The van der Waals surface area contributed by atoms with E-state index in [9.17, 15) is 24.3 Å². The molecule has 2 amide bonds. The molecule has 19 heteroatoms. The van der Waals surface area contributed by atoms with Crippen LogP contribution in [-0.2, 0) is 30.6 Å². The van der Waals surface area contributed by atoms with Gasteiger partial charge in [0.15, 0.2) is 29.8 Å². The predicted octanol–water partition coefficient (Wildman–Crippen LogP) is 0.349. The third-order valence-electron chi connectivity index (χ3n) is 6.10. The van der Waals surface area contributed by atoms with Crippen LogP contribution in [0.15, 0.2) is 51.8 Å². The highest BCUT2D eigenvalue weighted by Gasteiger charge is 2.55. The molecule has 0 aromatic carbocycles. The lowest BCUT2D eigenvalue weighted by Crippen LogP contribution is -2.71. The van der Waals surface area contributed by atoms with Crippen LogP contribution in [0.3, 0.4) is 0 Å². The Labute approximate surface area is 248 Å². The molecule has 5 heterocycles. The summed E-state index contributed by atoms with van der Waals surface area (Å²) in [6.45, 7) is 1.38. The van der Waals surface area contributed by atoms with Crippen molar-refractivity contribution in [3.05, 3.63) is 52.2 Å². The molecule has 0 saturated carbocycles. The van der Waals surface area contributed by atoms with Crippen molar-refractivity contribution in [2.24, 2.45) is 5.16 Å². The van der Waals surface area contributed by atoms with Gasteiger partial charge in [0.25, 0.3) is 11.8 Å². The van der Waals surface area contributed by atoms with E-state index < -0.39 is 47.0 Å². The maximum Gasteiger partial charge on any atom is 0.352 e. The molecule has 3 atom stereocenters. The van der Waals surface area contributed by atoms with Gasteiger partial charge in [0.05, 0.1) is 5.56 Å². The number of rotatable bonds is 10. The van der Waals surface area contributed by atoms with E-state index in [0.717, 1.165) is 16.2 Å². The molecule has 2 aliphatic heterocycles. The Kier molecular flexibility index (Phi) is 8.10. The first-order chi connectivity index (χ1) is 20.0. The van der Waals surface area contributed by atoms with Gasteiger partial charge in [0.2, 0.25) is 18.4 Å². The first-order valence-electron chi connectivity index (χ1n) is 11.9. The van der Waals surface area contributed by atoms with Crippen LogP contribution in [0.4, 0.5) is 5.13 Å². The van der Waals surface area contributed by atoms with E-state index in [1.54, 1.807) is 29.1 Å². The fraction of sp³-hybridized carbons (Fsp3) is 0.261. The number of carbonyl (C=O) groups excluding carboxylic acids is 2. The molecule has 0 unspecified atom stereocenters. The van der Waals surface area contributed by atoms with Crippen molar-refractivity contribution >= 4 is 69.3 Å². The Morgan fingerprint density at radius 1 is 1.36 bits per heavy atom. The van der Waals surface area contributed by atoms with E-state index in [1.165, 1.54) is 25.1 Å². The molecule has 16 nitrogen and oxygen atoms in total. The summed E-state index contributed by atoms with van der Waals surface area (Å²) in [5.74, 6) is -3.64. The van der Waals surface area contributed by atoms with E-state index >= 15 is 0 Å². The molecule has 42 heavy (non-hydrogen) atoms. The Balaban J connectivity index is 1.34. The van der Waals surface area contributed by atoms with Crippen LogP contribution in [0.1, 0.15) is 12.6 Å². The normalized spacial score (nSPS) is 19.1. The smallest absolute Gasteiger partial charge is 0.352 e. The zero-order chi connectivity index (χ0) is 30.1. The number of nitrogens with zero attached hydrogens (tertiary/aromatic N) is 6. The van der Waals surface area contributed by atoms with Crippen molar-refractivity contribution in [2.75, 3.05) is 11.5 Å². The summed E-state index contributed by atoms with van der Waals surface area (Å²) in [4.78, 5) is 59.8. The highest BCUT2D eigenvalue weighted by atomic mass is 35.5. The largest absolute Gasteiger partial charge is 0.478 e. The first kappa shape index (κ1) is 29.0. The number of anilines is 1. The third kappa shape index (κ3) is 5.63. The van der Waals surface area contributed by atoms with Crippen LogP contribution >= 0.6 is 34.7 Å². The maximum atomic E-state index is 13.2. The summed E-state index contributed by atoms with van der Waals surface area (Å²) in [7, 11) is 0. The molecule has 218 valence electrons. The number of hydrogen-bond donors (Lipinski definition) is 4. The van der Waals surface area contributed by atoms with Gasteiger partial charge in [-0.15, -0.1) is 22.0 Å². The zero-order valence-electron chi connectivity index (χ0n) is 21.3. The number of fused-ring (bicyclic) bond motifs is 1. The van der Waals surface area contributed by atoms with E-state index in [4.69, 9.17) is 31.7 Å². The standard InChI is InChI=1S/C23H19ClN8O8S2/c1-9(21(35)36)40-30-13(12-16(24)42-23(25)28-12)17(33)27-14-19(34)32-15(22(37)38)11(7-41-20(14)32)6-31-4-2-10(3-5-31)18-29-26-8-39-18/h2-5,8-9,14,20H,6-7H2,1H3,(H4-,25,27,28,33,35,36,37,38)/p+1/b30-13-/t9-,14+,20+/m0/s1. The van der Waals surface area contributed by atoms with E-state index in [-0.39, 0.29) is 33.2 Å². The molecule has 0 aliphatic carbocycles. The predicted molar refractivity (Wildman–Crippen MR) is 146 cm³/mol. The van der Waals surface area contributed by atoms with Crippen molar-refractivity contribution in [3.63, 3.8) is 0 Å². The number of carbonyl (C=O) groups is 4. The number of nitrogens with one attached hydrogen (secondary N) is 1. The molecular weight excluding hydrogens is 616 g/mol. The van der Waals surface area contributed by atoms with Gasteiger partial charge in [-0.05, 0) is 6.92 Å². The van der Waals surface area contributed by atoms with Crippen molar-refractivity contribution in [2.45, 2.75) is 31.0 Å². The summed E-state index contributed by atoms with van der Waals surface area (Å²) in [5.41, 5.74) is 6.01. The monoisotopic (exact) mass is 635 g/mol. The lowest BCUT2D eigenvalue weighted by Gasteiger charge is -2.49. The van der Waals surface area contributed by atoms with Gasteiger partial charge in [-0.25, -0.2) is 19.1 Å². The number of thioether (sulfide) groups is 1. The molecule has 0 radical (unpaired) electrons.